The summed E-state index contributed by atoms with van der Waals surface area (Å²) in [4.78, 5) is 10.8. The molecule has 0 spiro atoms. The molecule has 0 bridgehead atoms. The average molecular weight is 233 g/mol. The fraction of sp³-hybridized carbons (Fsp3) is 0.300. The Morgan fingerprint density at radius 1 is 1.53 bits per heavy atom. The van der Waals surface area contributed by atoms with Crippen molar-refractivity contribution in [3.8, 4) is 5.75 Å². The minimum absolute atomic E-state index is 0.0126. The molecular weight excluding hydrogens is 223 g/mol. The monoisotopic (exact) mass is 232 g/mol. The molecule has 1 N–H and O–H groups in total. The quantitative estimate of drug-likeness (QED) is 0.794. The Labute approximate surface area is 91.4 Å². The van der Waals surface area contributed by atoms with Gasteiger partial charge >= 0.3 is 5.97 Å². The van der Waals surface area contributed by atoms with Crippen molar-refractivity contribution in [2.45, 2.75) is 6.42 Å². The maximum atomic E-state index is 11.8. The first kappa shape index (κ1) is 11.8. The molecule has 1 aromatic carbocycles. The maximum absolute atomic E-state index is 11.8. The van der Waals surface area contributed by atoms with Crippen LogP contribution in [0.5, 0.6) is 5.75 Å². The van der Waals surface area contributed by atoms with Crippen LogP contribution < -0.4 is 4.74 Å². The van der Waals surface area contributed by atoms with Gasteiger partial charge in [0.15, 0.2) is 0 Å². The highest BCUT2D eigenvalue weighted by atomic mass is 35.5. The average Bonchev–Trinajstić information content (AvgIpc) is 2.20. The zero-order chi connectivity index (χ0) is 11.3. The molecule has 0 amide bonds. The van der Waals surface area contributed by atoms with Crippen LogP contribution in [0.2, 0.25) is 5.02 Å². The predicted molar refractivity (Wildman–Crippen MR) is 54.5 cm³/mol. The fourth-order valence-electron chi connectivity index (χ4n) is 1.03. The Kier molecular flexibility index (Phi) is 4.37. The topological polar surface area (TPSA) is 46.5 Å². The molecule has 1 rings (SSSR count). The van der Waals surface area contributed by atoms with Gasteiger partial charge in [0.2, 0.25) is 0 Å². The van der Waals surface area contributed by atoms with Gasteiger partial charge in [0.25, 0.3) is 0 Å². The molecule has 0 aliphatic rings. The minimum Gasteiger partial charge on any atom is -0.493 e. The Morgan fingerprint density at radius 3 is 2.87 bits per heavy atom. The molecule has 0 saturated carbocycles. The van der Waals surface area contributed by atoms with E-state index in [9.17, 15) is 9.18 Å². The zero-order valence-corrected chi connectivity index (χ0v) is 8.63. The maximum Gasteiger partial charge on any atom is 0.339 e. The molecule has 82 valence electrons. The molecule has 15 heavy (non-hydrogen) atoms. The van der Waals surface area contributed by atoms with E-state index >= 15 is 0 Å². The molecule has 5 heteroatoms. The smallest absolute Gasteiger partial charge is 0.339 e. The van der Waals surface area contributed by atoms with Crippen molar-refractivity contribution in [2.24, 2.45) is 0 Å². The molecule has 0 radical (unpaired) electrons. The first-order valence-corrected chi connectivity index (χ1v) is 4.74. The van der Waals surface area contributed by atoms with E-state index < -0.39 is 12.6 Å². The summed E-state index contributed by atoms with van der Waals surface area (Å²) in [6, 6.07) is 4.29. The summed E-state index contributed by atoms with van der Waals surface area (Å²) in [5.41, 5.74) is -0.0126. The van der Waals surface area contributed by atoms with Crippen molar-refractivity contribution >= 4 is 17.6 Å². The van der Waals surface area contributed by atoms with Crippen LogP contribution in [0.3, 0.4) is 0 Å². The van der Waals surface area contributed by atoms with Gasteiger partial charge in [0.05, 0.1) is 13.3 Å². The summed E-state index contributed by atoms with van der Waals surface area (Å²) in [6.45, 7) is -0.339. The summed E-state index contributed by atoms with van der Waals surface area (Å²) in [6.07, 6.45) is 0.238. The number of ether oxygens (including phenoxy) is 1. The Balaban J connectivity index is 2.81. The summed E-state index contributed by atoms with van der Waals surface area (Å²) in [5.74, 6) is -0.909. The number of hydrogen-bond donors (Lipinski definition) is 1. The van der Waals surface area contributed by atoms with Crippen LogP contribution >= 0.6 is 11.6 Å². The second-order valence-corrected chi connectivity index (χ2v) is 3.27. The van der Waals surface area contributed by atoms with Crippen LogP contribution in [0.25, 0.3) is 0 Å². The van der Waals surface area contributed by atoms with Crippen molar-refractivity contribution < 1.29 is 19.0 Å². The second-order valence-electron chi connectivity index (χ2n) is 2.84. The van der Waals surface area contributed by atoms with Gasteiger partial charge in [0.1, 0.15) is 11.3 Å². The first-order valence-electron chi connectivity index (χ1n) is 4.36. The number of halogens is 2. The summed E-state index contributed by atoms with van der Waals surface area (Å²) in [5, 5.41) is 9.16. The van der Waals surface area contributed by atoms with E-state index in [1.54, 1.807) is 0 Å². The van der Waals surface area contributed by atoms with E-state index in [1.807, 2.05) is 0 Å². The Hall–Kier alpha value is -1.29. The molecule has 0 saturated heterocycles. The molecule has 0 heterocycles. The van der Waals surface area contributed by atoms with Crippen molar-refractivity contribution in [3.63, 3.8) is 0 Å². The van der Waals surface area contributed by atoms with E-state index in [0.29, 0.717) is 5.02 Å². The van der Waals surface area contributed by atoms with Crippen molar-refractivity contribution in [2.75, 3.05) is 13.3 Å². The normalized spacial score (nSPS) is 10.0. The Morgan fingerprint density at radius 2 is 2.27 bits per heavy atom. The van der Waals surface area contributed by atoms with Crippen LogP contribution in [0.1, 0.15) is 16.8 Å². The number of rotatable bonds is 5. The SMILES string of the molecule is O=C(O)c1cc(Cl)ccc1OCCCF. The lowest BCUT2D eigenvalue weighted by atomic mass is 10.2. The number of benzene rings is 1. The number of alkyl halides is 1. The molecule has 0 aliphatic heterocycles. The summed E-state index contributed by atoms with van der Waals surface area (Å²) in [7, 11) is 0. The van der Waals surface area contributed by atoms with Crippen LogP contribution in [0.4, 0.5) is 4.39 Å². The van der Waals surface area contributed by atoms with Gasteiger partial charge < -0.3 is 9.84 Å². The third-order valence-corrected chi connectivity index (χ3v) is 1.94. The van der Waals surface area contributed by atoms with Crippen LogP contribution in [-0.4, -0.2) is 24.4 Å². The lowest BCUT2D eigenvalue weighted by Gasteiger charge is -2.08. The van der Waals surface area contributed by atoms with Crippen LogP contribution in [-0.2, 0) is 0 Å². The van der Waals surface area contributed by atoms with E-state index in [2.05, 4.69) is 0 Å². The number of carboxylic acid groups (broad SMARTS) is 1. The van der Waals surface area contributed by atoms with Gasteiger partial charge in [-0.3, -0.25) is 4.39 Å². The first-order chi connectivity index (χ1) is 7.15. The number of aromatic carboxylic acids is 1. The van der Waals surface area contributed by atoms with Crippen LogP contribution in [0, 0.1) is 0 Å². The molecule has 0 fully saturated rings. The van der Waals surface area contributed by atoms with Gasteiger partial charge in [-0.25, -0.2) is 4.79 Å². The molecule has 0 aromatic heterocycles. The minimum atomic E-state index is -1.12. The molecule has 0 unspecified atom stereocenters. The molecular formula is C10H10ClFO3. The highest BCUT2D eigenvalue weighted by Gasteiger charge is 2.11. The lowest BCUT2D eigenvalue weighted by molar-refractivity contribution is 0.0692. The summed E-state index contributed by atoms with van der Waals surface area (Å²) < 4.78 is 16.9. The molecule has 0 aliphatic carbocycles. The number of carboxylic acids is 1. The van der Waals surface area contributed by atoms with Gasteiger partial charge in [-0.2, -0.15) is 0 Å². The van der Waals surface area contributed by atoms with Crippen molar-refractivity contribution in [1.82, 2.24) is 0 Å². The number of carbonyl (C=O) groups is 1. The van der Waals surface area contributed by atoms with Gasteiger partial charge in [-0.1, -0.05) is 11.6 Å². The Bertz CT molecular complexity index is 355. The van der Waals surface area contributed by atoms with E-state index in [1.165, 1.54) is 18.2 Å². The van der Waals surface area contributed by atoms with Gasteiger partial charge in [-0.05, 0) is 18.2 Å². The van der Waals surface area contributed by atoms with Gasteiger partial charge in [0, 0.05) is 11.4 Å². The van der Waals surface area contributed by atoms with Crippen molar-refractivity contribution in [1.29, 1.82) is 0 Å². The standard InChI is InChI=1S/C10H10ClFO3/c11-7-2-3-9(15-5-1-4-12)8(6-7)10(13)14/h2-3,6H,1,4-5H2,(H,13,14). The zero-order valence-electron chi connectivity index (χ0n) is 7.87. The third kappa shape index (κ3) is 3.40. The van der Waals surface area contributed by atoms with Crippen molar-refractivity contribution in [3.05, 3.63) is 28.8 Å². The van der Waals surface area contributed by atoms with E-state index in [-0.39, 0.29) is 24.3 Å². The lowest BCUT2D eigenvalue weighted by Crippen LogP contribution is -2.04. The second kappa shape index (κ2) is 5.56. The van der Waals surface area contributed by atoms with E-state index in [4.69, 9.17) is 21.4 Å². The summed E-state index contributed by atoms with van der Waals surface area (Å²) >= 11 is 5.64. The molecule has 3 nitrogen and oxygen atoms in total. The fourth-order valence-corrected chi connectivity index (χ4v) is 1.20. The number of hydrogen-bond acceptors (Lipinski definition) is 2. The largest absolute Gasteiger partial charge is 0.493 e. The van der Waals surface area contributed by atoms with Gasteiger partial charge in [-0.15, -0.1) is 0 Å². The highest BCUT2D eigenvalue weighted by Crippen LogP contribution is 2.22. The van der Waals surface area contributed by atoms with Crippen LogP contribution in [0.15, 0.2) is 18.2 Å². The van der Waals surface area contributed by atoms with E-state index in [0.717, 1.165) is 0 Å². The third-order valence-electron chi connectivity index (χ3n) is 1.71. The predicted octanol–water partition coefficient (Wildman–Crippen LogP) is 2.78. The molecule has 1 aromatic rings. The highest BCUT2D eigenvalue weighted by molar-refractivity contribution is 6.31. The molecule has 0 atom stereocenters.